The predicted molar refractivity (Wildman–Crippen MR) is 78.5 cm³/mol. The number of oxazole rings is 1. The van der Waals surface area contributed by atoms with E-state index in [1.807, 2.05) is 0 Å². The molecule has 0 aliphatic rings. The molecular formula is C10H16N8O2S. The van der Waals surface area contributed by atoms with E-state index in [2.05, 4.69) is 24.0 Å². The molecule has 114 valence electrons. The highest BCUT2D eigenvalue weighted by Gasteiger charge is 2.11. The second kappa shape index (κ2) is 6.85. The molecule has 0 fully saturated rings. The van der Waals surface area contributed by atoms with E-state index in [1.54, 1.807) is 0 Å². The van der Waals surface area contributed by atoms with Crippen molar-refractivity contribution in [2.75, 3.05) is 17.6 Å². The molecule has 2 heterocycles. The van der Waals surface area contributed by atoms with Crippen LogP contribution in [-0.4, -0.2) is 30.8 Å². The number of nitrogens with one attached hydrogen (secondary N) is 1. The van der Waals surface area contributed by atoms with Crippen molar-refractivity contribution in [2.45, 2.75) is 19.3 Å². The van der Waals surface area contributed by atoms with Crippen LogP contribution < -0.4 is 22.5 Å². The van der Waals surface area contributed by atoms with Crippen LogP contribution in [0, 0.1) is 0 Å². The smallest absolute Gasteiger partial charge is 0.325 e. The largest absolute Gasteiger partial charge is 0.546 e. The van der Waals surface area contributed by atoms with Crippen LogP contribution in [0.5, 0.6) is 0 Å². The summed E-state index contributed by atoms with van der Waals surface area (Å²) in [6.45, 7) is 0.644. The predicted octanol–water partition coefficient (Wildman–Crippen LogP) is 0.114. The molecule has 10 nitrogen and oxygen atoms in total. The van der Waals surface area contributed by atoms with E-state index in [1.165, 1.54) is 6.26 Å². The fourth-order valence-electron chi connectivity index (χ4n) is 1.61. The van der Waals surface area contributed by atoms with Gasteiger partial charge >= 0.3 is 6.01 Å². The Morgan fingerprint density at radius 2 is 2.19 bits per heavy atom. The van der Waals surface area contributed by atoms with Gasteiger partial charge in [-0.05, 0) is 19.3 Å². The van der Waals surface area contributed by atoms with Crippen LogP contribution in [0.1, 0.15) is 18.5 Å². The Labute approximate surface area is 123 Å². The van der Waals surface area contributed by atoms with Gasteiger partial charge in [0.05, 0.1) is 5.69 Å². The van der Waals surface area contributed by atoms with Crippen LogP contribution in [0.15, 0.2) is 15.7 Å². The Morgan fingerprint density at radius 3 is 2.86 bits per heavy atom. The molecule has 21 heavy (non-hydrogen) atoms. The van der Waals surface area contributed by atoms with Gasteiger partial charge in [0.2, 0.25) is 11.6 Å². The number of rotatable bonds is 7. The summed E-state index contributed by atoms with van der Waals surface area (Å²) in [5, 5.41) is 2.98. The van der Waals surface area contributed by atoms with Gasteiger partial charge in [0.25, 0.3) is 0 Å². The number of hydrogen-bond donors (Lipinski definition) is 4. The number of aryl methyl sites for hydroxylation is 1. The Bertz CT molecular complexity index is 618. The van der Waals surface area contributed by atoms with Gasteiger partial charge in [-0.15, -0.1) is 0 Å². The maximum Gasteiger partial charge on any atom is 0.325 e. The summed E-state index contributed by atoms with van der Waals surface area (Å²) in [6.07, 6.45) is 3.97. The molecule has 11 heteroatoms. The highest BCUT2D eigenvalue weighted by molar-refractivity contribution is 7.14. The van der Waals surface area contributed by atoms with E-state index in [0.717, 1.165) is 25.0 Å². The lowest BCUT2D eigenvalue weighted by atomic mass is 10.2. The maximum atomic E-state index is 11.0. The first kappa shape index (κ1) is 15.0. The van der Waals surface area contributed by atoms with Crippen molar-refractivity contribution in [1.29, 1.82) is 0 Å². The highest BCUT2D eigenvalue weighted by atomic mass is 32.2. The van der Waals surface area contributed by atoms with Crippen molar-refractivity contribution in [3.8, 4) is 0 Å². The first-order chi connectivity index (χ1) is 10.0. The van der Waals surface area contributed by atoms with Gasteiger partial charge in [-0.3, -0.25) is 0 Å². The van der Waals surface area contributed by atoms with E-state index in [4.69, 9.17) is 21.6 Å². The minimum Gasteiger partial charge on any atom is -0.546 e. The number of hydrogen-bond acceptors (Lipinski definition) is 8. The summed E-state index contributed by atoms with van der Waals surface area (Å²) in [5.41, 5.74) is 16.7. The van der Waals surface area contributed by atoms with Crippen molar-refractivity contribution < 1.29 is 8.97 Å². The third kappa shape index (κ3) is 4.57. The Balaban J connectivity index is 1.69. The molecule has 2 aromatic rings. The molecule has 1 unspecified atom stereocenters. The molecule has 0 aliphatic heterocycles. The van der Waals surface area contributed by atoms with Gasteiger partial charge in [0.1, 0.15) is 6.26 Å². The Morgan fingerprint density at radius 1 is 1.38 bits per heavy atom. The van der Waals surface area contributed by atoms with Crippen LogP contribution in [0.4, 0.5) is 17.7 Å². The lowest BCUT2D eigenvalue weighted by Crippen LogP contribution is -2.21. The zero-order valence-electron chi connectivity index (χ0n) is 11.2. The zero-order chi connectivity index (χ0) is 15.2. The number of aliphatic imine (C=N–C) groups is 1. The number of nitrogens with zero attached hydrogens (tertiary/aromatic N) is 4. The fraction of sp³-hybridized carbons (Fsp3) is 0.400. The summed E-state index contributed by atoms with van der Waals surface area (Å²) in [7, 11) is 0. The number of nitrogen functional groups attached to an aromatic ring is 1. The average molecular weight is 312 g/mol. The van der Waals surface area contributed by atoms with Crippen molar-refractivity contribution in [3.63, 3.8) is 0 Å². The fourth-order valence-corrected chi connectivity index (χ4v) is 2.22. The number of anilines is 2. The summed E-state index contributed by atoms with van der Waals surface area (Å²) >= 11 is -1.59. The molecule has 2 aromatic heterocycles. The lowest BCUT2D eigenvalue weighted by Gasteiger charge is -2.00. The quantitative estimate of drug-likeness (QED) is 0.239. The van der Waals surface area contributed by atoms with Gasteiger partial charge in [0.15, 0.2) is 17.1 Å². The standard InChI is InChI=1S/C10H16N8O2S/c11-7-8(18-21(19)17-7)14-4-2-1-3-6-5-20-10(15-6)16-9(12)13/h5H,1-4H2,(H2,11,17)(H,14,18)(H4,12,13,15,16). The molecule has 0 spiro atoms. The molecule has 0 saturated heterocycles. The molecule has 0 aromatic carbocycles. The van der Waals surface area contributed by atoms with Crippen LogP contribution in [0.3, 0.4) is 0 Å². The summed E-state index contributed by atoms with van der Waals surface area (Å²) in [6, 6.07) is 0.148. The molecule has 0 aliphatic carbocycles. The number of guanidine groups is 1. The SMILES string of the molecule is NC(N)=Nc1nc(CCCCNc2n[s+]([O-])nc2N)co1. The van der Waals surface area contributed by atoms with E-state index < -0.39 is 11.1 Å². The highest BCUT2D eigenvalue weighted by Crippen LogP contribution is 2.19. The van der Waals surface area contributed by atoms with Crippen molar-refractivity contribution >= 4 is 34.8 Å². The topological polar surface area (TPSA) is 177 Å². The molecule has 0 saturated carbocycles. The summed E-state index contributed by atoms with van der Waals surface area (Å²) < 4.78 is 23.4. The van der Waals surface area contributed by atoms with E-state index in [9.17, 15) is 4.55 Å². The third-order valence-electron chi connectivity index (χ3n) is 2.50. The molecule has 0 amide bonds. The minimum atomic E-state index is -1.59. The van der Waals surface area contributed by atoms with E-state index >= 15 is 0 Å². The maximum absolute atomic E-state index is 11.0. The van der Waals surface area contributed by atoms with Crippen molar-refractivity contribution in [2.24, 2.45) is 16.5 Å². The Hall–Kier alpha value is -2.40. The summed E-state index contributed by atoms with van der Waals surface area (Å²) in [5.74, 6) is 0.457. The average Bonchev–Trinajstić information content (AvgIpc) is 2.95. The Kier molecular flexibility index (Phi) is 4.90. The second-order valence-corrected chi connectivity index (χ2v) is 5.02. The van der Waals surface area contributed by atoms with Crippen LogP contribution in [0.2, 0.25) is 0 Å². The zero-order valence-corrected chi connectivity index (χ0v) is 12.0. The van der Waals surface area contributed by atoms with E-state index in [0.29, 0.717) is 12.4 Å². The van der Waals surface area contributed by atoms with E-state index in [-0.39, 0.29) is 17.8 Å². The number of unbranched alkanes of at least 4 members (excludes halogenated alkanes) is 1. The van der Waals surface area contributed by atoms with Gasteiger partial charge in [-0.1, -0.05) is 0 Å². The van der Waals surface area contributed by atoms with Crippen LogP contribution >= 0.6 is 11.1 Å². The first-order valence-electron chi connectivity index (χ1n) is 6.18. The lowest BCUT2D eigenvalue weighted by molar-refractivity contribution is 0.567. The molecule has 0 radical (unpaired) electrons. The molecule has 1 atom stereocenters. The number of nitrogens with two attached hydrogens (primary N) is 3. The van der Waals surface area contributed by atoms with Gasteiger partial charge in [-0.25, -0.2) is 0 Å². The molecule has 2 rings (SSSR count). The van der Waals surface area contributed by atoms with Gasteiger partial charge in [0, 0.05) is 15.3 Å². The van der Waals surface area contributed by atoms with Crippen molar-refractivity contribution in [3.05, 3.63) is 12.0 Å². The van der Waals surface area contributed by atoms with Crippen LogP contribution in [-0.2, 0) is 6.42 Å². The van der Waals surface area contributed by atoms with Gasteiger partial charge in [-0.2, -0.15) is 9.98 Å². The van der Waals surface area contributed by atoms with Crippen molar-refractivity contribution in [1.82, 2.24) is 13.7 Å². The second-order valence-electron chi connectivity index (χ2n) is 4.19. The molecule has 7 N–H and O–H groups in total. The minimum absolute atomic E-state index is 0.0958. The molecular weight excluding hydrogens is 296 g/mol. The monoisotopic (exact) mass is 312 g/mol. The normalized spacial score (nSPS) is 11.4. The molecule has 0 bridgehead atoms. The number of aromatic nitrogens is 3. The van der Waals surface area contributed by atoms with Gasteiger partial charge < -0.3 is 31.5 Å². The first-order valence-corrected chi connectivity index (χ1v) is 7.24. The third-order valence-corrected chi connectivity index (χ3v) is 3.20. The summed E-state index contributed by atoms with van der Waals surface area (Å²) in [4.78, 5) is 7.81. The van der Waals surface area contributed by atoms with Crippen LogP contribution in [0.25, 0.3) is 0 Å².